The molecular formula is C19H15Cl2N3O2. The van der Waals surface area contributed by atoms with Crippen LogP contribution in [0.15, 0.2) is 59.5 Å². The van der Waals surface area contributed by atoms with Crippen molar-refractivity contribution in [3.63, 3.8) is 0 Å². The number of rotatable bonds is 4. The van der Waals surface area contributed by atoms with E-state index < -0.39 is 5.56 Å². The predicted molar refractivity (Wildman–Crippen MR) is 104 cm³/mol. The first-order valence-corrected chi connectivity index (χ1v) is 8.70. The zero-order valence-electron chi connectivity index (χ0n) is 13.9. The van der Waals surface area contributed by atoms with Crippen molar-refractivity contribution in [2.75, 3.05) is 5.32 Å². The summed E-state index contributed by atoms with van der Waals surface area (Å²) in [4.78, 5) is 24.6. The highest BCUT2D eigenvalue weighted by molar-refractivity contribution is 6.41. The van der Waals surface area contributed by atoms with Gasteiger partial charge in [0.25, 0.3) is 11.5 Å². The van der Waals surface area contributed by atoms with Gasteiger partial charge < -0.3 is 5.32 Å². The van der Waals surface area contributed by atoms with Gasteiger partial charge in [-0.15, -0.1) is 0 Å². The highest BCUT2D eigenvalue weighted by Crippen LogP contribution is 2.18. The number of carbonyl (C=O) groups is 1. The van der Waals surface area contributed by atoms with Gasteiger partial charge in [-0.3, -0.25) is 9.59 Å². The number of aryl methyl sites for hydroxylation is 1. The molecule has 5 nitrogen and oxygen atoms in total. The first-order chi connectivity index (χ1) is 12.5. The van der Waals surface area contributed by atoms with E-state index >= 15 is 0 Å². The van der Waals surface area contributed by atoms with Crippen molar-refractivity contribution in [2.45, 2.75) is 13.3 Å². The first kappa shape index (κ1) is 18.2. The highest BCUT2D eigenvalue weighted by Gasteiger charge is 2.11. The molecule has 0 radical (unpaired) electrons. The number of benzene rings is 2. The topological polar surface area (TPSA) is 64.0 Å². The van der Waals surface area contributed by atoms with Gasteiger partial charge in [0.05, 0.1) is 16.9 Å². The van der Waals surface area contributed by atoms with Crippen LogP contribution in [0.1, 0.15) is 22.8 Å². The minimum atomic E-state index is -0.520. The third-order valence-electron chi connectivity index (χ3n) is 3.90. The molecule has 1 heterocycles. The number of para-hydroxylation sites is 1. The fourth-order valence-corrected chi connectivity index (χ4v) is 2.75. The van der Waals surface area contributed by atoms with Crippen molar-refractivity contribution >= 4 is 34.8 Å². The molecule has 26 heavy (non-hydrogen) atoms. The van der Waals surface area contributed by atoms with Gasteiger partial charge in [0.2, 0.25) is 0 Å². The number of hydrogen-bond donors (Lipinski definition) is 1. The summed E-state index contributed by atoms with van der Waals surface area (Å²) in [6, 6.07) is 14.1. The van der Waals surface area contributed by atoms with Crippen LogP contribution in [0.5, 0.6) is 0 Å². The van der Waals surface area contributed by atoms with Crippen LogP contribution in [-0.4, -0.2) is 15.7 Å². The van der Waals surface area contributed by atoms with E-state index in [4.69, 9.17) is 23.2 Å². The Bertz CT molecular complexity index is 1010. The van der Waals surface area contributed by atoms with E-state index in [1.54, 1.807) is 24.3 Å². The Labute approximate surface area is 160 Å². The number of hydrogen-bond acceptors (Lipinski definition) is 3. The lowest BCUT2D eigenvalue weighted by Gasteiger charge is -2.10. The van der Waals surface area contributed by atoms with Crippen LogP contribution in [0.25, 0.3) is 5.69 Å². The van der Waals surface area contributed by atoms with Crippen LogP contribution >= 0.6 is 23.2 Å². The van der Waals surface area contributed by atoms with Crippen molar-refractivity contribution < 1.29 is 4.79 Å². The minimum Gasteiger partial charge on any atom is -0.322 e. The van der Waals surface area contributed by atoms with Gasteiger partial charge in [0.15, 0.2) is 0 Å². The molecule has 2 aromatic carbocycles. The molecule has 0 fully saturated rings. The Kier molecular flexibility index (Phi) is 5.40. The summed E-state index contributed by atoms with van der Waals surface area (Å²) in [6.45, 7) is 2.03. The number of aromatic nitrogens is 2. The Hall–Kier alpha value is -2.63. The van der Waals surface area contributed by atoms with Crippen molar-refractivity contribution in [3.05, 3.63) is 86.3 Å². The molecule has 0 aliphatic rings. The van der Waals surface area contributed by atoms with E-state index in [-0.39, 0.29) is 16.0 Å². The third kappa shape index (κ3) is 3.64. The zero-order chi connectivity index (χ0) is 18.7. The van der Waals surface area contributed by atoms with Gasteiger partial charge >= 0.3 is 0 Å². The number of anilines is 1. The second kappa shape index (κ2) is 7.72. The predicted octanol–water partition coefficient (Wildman–Crippen LogP) is 4.35. The minimum absolute atomic E-state index is 0.0958. The lowest BCUT2D eigenvalue weighted by Crippen LogP contribution is -2.21. The molecule has 3 rings (SSSR count). The summed E-state index contributed by atoms with van der Waals surface area (Å²) < 4.78 is 1.13. The van der Waals surface area contributed by atoms with Gasteiger partial charge in [-0.05, 0) is 42.3 Å². The van der Waals surface area contributed by atoms with E-state index in [0.29, 0.717) is 11.3 Å². The maximum Gasteiger partial charge on any atom is 0.291 e. The third-order valence-corrected chi connectivity index (χ3v) is 4.65. The highest BCUT2D eigenvalue weighted by atomic mass is 35.5. The SMILES string of the molecule is CCc1ccccc1NC(=O)c1ccc(-n2ncc(Cl)c(Cl)c2=O)cc1. The summed E-state index contributed by atoms with van der Waals surface area (Å²) in [7, 11) is 0. The normalized spacial score (nSPS) is 10.6. The molecule has 0 saturated carbocycles. The first-order valence-electron chi connectivity index (χ1n) is 7.94. The summed E-state index contributed by atoms with van der Waals surface area (Å²) in [5, 5.41) is 6.86. The van der Waals surface area contributed by atoms with E-state index in [0.717, 1.165) is 22.4 Å². The molecule has 1 amide bonds. The molecule has 132 valence electrons. The van der Waals surface area contributed by atoms with Gasteiger partial charge in [-0.25, -0.2) is 0 Å². The number of halogens is 2. The van der Waals surface area contributed by atoms with Crippen LogP contribution in [-0.2, 0) is 6.42 Å². The largest absolute Gasteiger partial charge is 0.322 e. The van der Waals surface area contributed by atoms with E-state index in [2.05, 4.69) is 10.4 Å². The zero-order valence-corrected chi connectivity index (χ0v) is 15.4. The molecule has 1 aromatic heterocycles. The Morgan fingerprint density at radius 2 is 1.81 bits per heavy atom. The van der Waals surface area contributed by atoms with Crippen molar-refractivity contribution in [3.8, 4) is 5.69 Å². The lowest BCUT2D eigenvalue weighted by atomic mass is 10.1. The summed E-state index contributed by atoms with van der Waals surface area (Å²) >= 11 is 11.6. The monoisotopic (exact) mass is 387 g/mol. The Balaban J connectivity index is 1.85. The number of nitrogens with one attached hydrogen (secondary N) is 1. The number of nitrogens with zero attached hydrogens (tertiary/aromatic N) is 2. The maximum absolute atomic E-state index is 12.5. The quantitative estimate of drug-likeness (QED) is 0.723. The molecule has 0 atom stereocenters. The maximum atomic E-state index is 12.5. The molecule has 0 saturated heterocycles. The molecule has 0 aliphatic heterocycles. The summed E-state index contributed by atoms with van der Waals surface area (Å²) in [5.41, 5.74) is 2.27. The van der Waals surface area contributed by atoms with Crippen LogP contribution in [0.2, 0.25) is 10.0 Å². The Morgan fingerprint density at radius 1 is 1.12 bits per heavy atom. The number of amides is 1. The molecule has 3 aromatic rings. The summed E-state index contributed by atoms with van der Waals surface area (Å²) in [5.74, 6) is -0.230. The Morgan fingerprint density at radius 3 is 2.50 bits per heavy atom. The van der Waals surface area contributed by atoms with Gasteiger partial charge in [-0.1, -0.05) is 48.3 Å². The number of carbonyl (C=O) groups excluding carboxylic acids is 1. The fourth-order valence-electron chi connectivity index (χ4n) is 2.50. The van der Waals surface area contributed by atoms with Gasteiger partial charge in [-0.2, -0.15) is 9.78 Å². The average Bonchev–Trinajstić information content (AvgIpc) is 2.67. The van der Waals surface area contributed by atoms with E-state index in [1.165, 1.54) is 6.20 Å². The average molecular weight is 388 g/mol. The standard InChI is InChI=1S/C19H15Cl2N3O2/c1-2-12-5-3-4-6-16(12)23-18(25)13-7-9-14(10-8-13)24-19(26)17(21)15(20)11-22-24/h3-11H,2H2,1H3,(H,23,25). The van der Waals surface area contributed by atoms with Gasteiger partial charge in [0.1, 0.15) is 5.02 Å². The molecular weight excluding hydrogens is 373 g/mol. The van der Waals surface area contributed by atoms with Crippen LogP contribution in [0.3, 0.4) is 0 Å². The lowest BCUT2D eigenvalue weighted by molar-refractivity contribution is 0.102. The molecule has 0 bridgehead atoms. The second-order valence-corrected chi connectivity index (χ2v) is 6.32. The molecule has 7 heteroatoms. The van der Waals surface area contributed by atoms with Crippen LogP contribution < -0.4 is 10.9 Å². The molecule has 0 unspecified atom stereocenters. The van der Waals surface area contributed by atoms with Crippen LogP contribution in [0.4, 0.5) is 5.69 Å². The van der Waals surface area contributed by atoms with E-state index in [9.17, 15) is 9.59 Å². The second-order valence-electron chi connectivity index (χ2n) is 5.54. The summed E-state index contributed by atoms with van der Waals surface area (Å²) in [6.07, 6.45) is 2.12. The molecule has 0 spiro atoms. The van der Waals surface area contributed by atoms with E-state index in [1.807, 2.05) is 31.2 Å². The smallest absolute Gasteiger partial charge is 0.291 e. The molecule has 0 aliphatic carbocycles. The fraction of sp³-hybridized carbons (Fsp3) is 0.105. The van der Waals surface area contributed by atoms with Crippen molar-refractivity contribution in [1.82, 2.24) is 9.78 Å². The van der Waals surface area contributed by atoms with Crippen molar-refractivity contribution in [2.24, 2.45) is 0 Å². The van der Waals surface area contributed by atoms with Crippen molar-refractivity contribution in [1.29, 1.82) is 0 Å². The van der Waals surface area contributed by atoms with Gasteiger partial charge in [0, 0.05) is 11.3 Å². The van der Waals surface area contributed by atoms with Crippen LogP contribution in [0, 0.1) is 0 Å². The molecule has 1 N–H and O–H groups in total.